The Balaban J connectivity index is 1.56. The highest BCUT2D eigenvalue weighted by Gasteiger charge is 2.33. The van der Waals surface area contributed by atoms with Gasteiger partial charge in [-0.3, -0.25) is 9.59 Å². The molecule has 0 aromatic heterocycles. The fraction of sp³-hybridized carbons (Fsp3) is 0.333. The number of halogens is 1. The van der Waals surface area contributed by atoms with Gasteiger partial charge in [-0.25, -0.2) is 12.8 Å². The van der Waals surface area contributed by atoms with E-state index < -0.39 is 33.6 Å². The average molecular weight is 450 g/mol. The van der Waals surface area contributed by atoms with Crippen molar-refractivity contribution >= 4 is 27.5 Å². The summed E-state index contributed by atoms with van der Waals surface area (Å²) in [5.41, 5.74) is 0.286. The third kappa shape index (κ3) is 5.80. The average Bonchev–Trinajstić information content (AvgIpc) is 2.77. The van der Waals surface area contributed by atoms with Crippen LogP contribution in [-0.4, -0.2) is 51.3 Å². The van der Waals surface area contributed by atoms with Crippen molar-refractivity contribution in [3.63, 3.8) is 0 Å². The molecule has 0 saturated carbocycles. The third-order valence-corrected chi connectivity index (χ3v) is 6.86. The molecular formula is C21H24FN3O5S. The smallest absolute Gasteiger partial charge is 0.243 e. The molecule has 10 heteroatoms. The molecular weight excluding hydrogens is 425 g/mol. The molecule has 2 aromatic carbocycles. The number of hydrogen-bond acceptors (Lipinski definition) is 5. The van der Waals surface area contributed by atoms with Crippen LogP contribution in [0.5, 0.6) is 5.75 Å². The molecule has 1 aliphatic rings. The lowest BCUT2D eigenvalue weighted by molar-refractivity contribution is -0.128. The molecule has 31 heavy (non-hydrogen) atoms. The minimum atomic E-state index is -3.75. The van der Waals surface area contributed by atoms with Crippen molar-refractivity contribution in [3.8, 4) is 5.75 Å². The Bertz CT molecular complexity index is 1040. The highest BCUT2D eigenvalue weighted by molar-refractivity contribution is 7.89. The second-order valence-corrected chi connectivity index (χ2v) is 9.09. The van der Waals surface area contributed by atoms with Crippen LogP contribution in [0.15, 0.2) is 53.4 Å². The van der Waals surface area contributed by atoms with E-state index in [1.807, 2.05) is 0 Å². The molecule has 2 N–H and O–H groups in total. The maximum Gasteiger partial charge on any atom is 0.243 e. The van der Waals surface area contributed by atoms with Gasteiger partial charge in [-0.2, -0.15) is 4.31 Å². The van der Waals surface area contributed by atoms with Gasteiger partial charge in [0.1, 0.15) is 11.6 Å². The molecule has 1 atom stereocenters. The van der Waals surface area contributed by atoms with Gasteiger partial charge in [0.05, 0.1) is 24.5 Å². The van der Waals surface area contributed by atoms with Crippen molar-refractivity contribution < 1.29 is 27.1 Å². The summed E-state index contributed by atoms with van der Waals surface area (Å²) >= 11 is 0. The van der Waals surface area contributed by atoms with Gasteiger partial charge in [0, 0.05) is 18.8 Å². The summed E-state index contributed by atoms with van der Waals surface area (Å²) in [6.45, 7) is 0.0565. The predicted octanol–water partition coefficient (Wildman–Crippen LogP) is 1.99. The number of anilines is 1. The monoisotopic (exact) mass is 449 g/mol. The molecule has 0 radical (unpaired) electrons. The molecule has 0 aliphatic carbocycles. The summed E-state index contributed by atoms with van der Waals surface area (Å²) < 4.78 is 45.3. The largest absolute Gasteiger partial charge is 0.497 e. The summed E-state index contributed by atoms with van der Waals surface area (Å²) in [5, 5.41) is 5.03. The standard InChI is InChI=1S/C21H24FN3O5S/c1-30-18-7-9-19(10-8-18)31(28,29)25-11-3-4-15(14-25)21(27)23-13-20(26)24-17-6-2-5-16(22)12-17/h2,5-10,12,15H,3-4,11,13-14H2,1H3,(H,23,27)(H,24,26)/t15-/m0/s1. The highest BCUT2D eigenvalue weighted by Crippen LogP contribution is 2.25. The van der Waals surface area contributed by atoms with Gasteiger partial charge >= 0.3 is 0 Å². The van der Waals surface area contributed by atoms with Crippen LogP contribution in [0.25, 0.3) is 0 Å². The van der Waals surface area contributed by atoms with Crippen LogP contribution in [0.4, 0.5) is 10.1 Å². The number of piperidine rings is 1. The number of rotatable bonds is 7. The molecule has 1 aliphatic heterocycles. The summed E-state index contributed by atoms with van der Waals surface area (Å²) in [6, 6.07) is 11.5. The molecule has 1 heterocycles. The first kappa shape index (κ1) is 22.7. The van der Waals surface area contributed by atoms with E-state index in [0.29, 0.717) is 25.1 Å². The van der Waals surface area contributed by atoms with E-state index in [0.717, 1.165) is 0 Å². The Hall–Kier alpha value is -2.98. The minimum Gasteiger partial charge on any atom is -0.497 e. The second kappa shape index (κ2) is 9.88. The van der Waals surface area contributed by atoms with Crippen LogP contribution < -0.4 is 15.4 Å². The fourth-order valence-corrected chi connectivity index (χ4v) is 4.88. The Kier molecular flexibility index (Phi) is 7.24. The normalized spacial score (nSPS) is 17.0. The van der Waals surface area contributed by atoms with E-state index in [9.17, 15) is 22.4 Å². The number of sulfonamides is 1. The molecule has 2 amide bonds. The molecule has 8 nitrogen and oxygen atoms in total. The zero-order valence-corrected chi connectivity index (χ0v) is 17.8. The first-order valence-corrected chi connectivity index (χ1v) is 11.2. The molecule has 1 saturated heterocycles. The van der Waals surface area contributed by atoms with Crippen LogP contribution in [0.2, 0.25) is 0 Å². The fourth-order valence-electron chi connectivity index (χ4n) is 3.35. The van der Waals surface area contributed by atoms with E-state index in [1.54, 1.807) is 12.1 Å². The van der Waals surface area contributed by atoms with Crippen LogP contribution in [-0.2, 0) is 19.6 Å². The Morgan fingerprint density at radius 2 is 1.94 bits per heavy atom. The Morgan fingerprint density at radius 3 is 2.61 bits per heavy atom. The Labute approximate surface area is 180 Å². The molecule has 3 rings (SSSR count). The van der Waals surface area contributed by atoms with Gasteiger partial charge in [-0.05, 0) is 55.3 Å². The van der Waals surface area contributed by atoms with Gasteiger partial charge in [0.2, 0.25) is 21.8 Å². The zero-order valence-electron chi connectivity index (χ0n) is 17.0. The van der Waals surface area contributed by atoms with E-state index in [1.165, 1.54) is 47.8 Å². The number of nitrogens with one attached hydrogen (secondary N) is 2. The number of benzene rings is 2. The van der Waals surface area contributed by atoms with Crippen molar-refractivity contribution in [1.29, 1.82) is 0 Å². The number of amides is 2. The molecule has 166 valence electrons. The topological polar surface area (TPSA) is 105 Å². The number of carbonyl (C=O) groups is 2. The first-order chi connectivity index (χ1) is 14.8. The van der Waals surface area contributed by atoms with Crippen LogP contribution >= 0.6 is 0 Å². The number of ether oxygens (including phenoxy) is 1. The Morgan fingerprint density at radius 1 is 1.19 bits per heavy atom. The number of nitrogens with zero attached hydrogens (tertiary/aromatic N) is 1. The van der Waals surface area contributed by atoms with Gasteiger partial charge in [-0.15, -0.1) is 0 Å². The van der Waals surface area contributed by atoms with Gasteiger partial charge < -0.3 is 15.4 Å². The third-order valence-electron chi connectivity index (χ3n) is 4.98. The molecule has 2 aromatic rings. The van der Waals surface area contributed by atoms with Crippen molar-refractivity contribution in [2.75, 3.05) is 32.1 Å². The number of carbonyl (C=O) groups excluding carboxylic acids is 2. The summed E-state index contributed by atoms with van der Waals surface area (Å²) in [6.07, 6.45) is 1.05. The van der Waals surface area contributed by atoms with Crippen molar-refractivity contribution in [2.24, 2.45) is 5.92 Å². The molecule has 1 fully saturated rings. The van der Waals surface area contributed by atoms with Crippen LogP contribution in [0.1, 0.15) is 12.8 Å². The molecule has 0 bridgehead atoms. The lowest BCUT2D eigenvalue weighted by Crippen LogP contribution is -2.46. The predicted molar refractivity (Wildman–Crippen MR) is 113 cm³/mol. The second-order valence-electron chi connectivity index (χ2n) is 7.15. The van der Waals surface area contributed by atoms with Crippen LogP contribution in [0, 0.1) is 11.7 Å². The quantitative estimate of drug-likeness (QED) is 0.673. The van der Waals surface area contributed by atoms with Crippen molar-refractivity contribution in [3.05, 3.63) is 54.3 Å². The van der Waals surface area contributed by atoms with Gasteiger partial charge in [0.15, 0.2) is 0 Å². The van der Waals surface area contributed by atoms with Crippen molar-refractivity contribution in [2.45, 2.75) is 17.7 Å². The van der Waals surface area contributed by atoms with Crippen molar-refractivity contribution in [1.82, 2.24) is 9.62 Å². The number of methoxy groups -OCH3 is 1. The van der Waals surface area contributed by atoms with E-state index in [4.69, 9.17) is 4.74 Å². The molecule has 0 spiro atoms. The summed E-state index contributed by atoms with van der Waals surface area (Å²) in [5.74, 6) is -1.40. The maximum atomic E-state index is 13.2. The first-order valence-electron chi connectivity index (χ1n) is 9.77. The maximum absolute atomic E-state index is 13.2. The molecule has 0 unspecified atom stereocenters. The number of hydrogen-bond donors (Lipinski definition) is 2. The lowest BCUT2D eigenvalue weighted by Gasteiger charge is -2.31. The van der Waals surface area contributed by atoms with Gasteiger partial charge in [-0.1, -0.05) is 6.07 Å². The van der Waals surface area contributed by atoms with E-state index >= 15 is 0 Å². The van der Waals surface area contributed by atoms with Crippen LogP contribution in [0.3, 0.4) is 0 Å². The SMILES string of the molecule is COc1ccc(S(=O)(=O)N2CCC[C@H](C(=O)NCC(=O)Nc3cccc(F)c3)C2)cc1. The van der Waals surface area contributed by atoms with Gasteiger partial charge in [0.25, 0.3) is 0 Å². The van der Waals surface area contributed by atoms with E-state index in [2.05, 4.69) is 10.6 Å². The summed E-state index contributed by atoms with van der Waals surface area (Å²) in [7, 11) is -2.25. The van der Waals surface area contributed by atoms with E-state index in [-0.39, 0.29) is 23.7 Å². The lowest BCUT2D eigenvalue weighted by atomic mass is 9.99. The zero-order chi connectivity index (χ0) is 22.4. The minimum absolute atomic E-state index is 0.0334. The summed E-state index contributed by atoms with van der Waals surface area (Å²) in [4.78, 5) is 24.6. The highest BCUT2D eigenvalue weighted by atomic mass is 32.2.